The maximum Gasteiger partial charge on any atom is 0.329 e. The number of aliphatic carboxylic acids is 1. The third-order valence-electron chi connectivity index (χ3n) is 2.41. The van der Waals surface area contributed by atoms with Crippen LogP contribution in [0.25, 0.3) is 0 Å². The molecule has 0 saturated carbocycles. The quantitative estimate of drug-likeness (QED) is 0.772. The zero-order valence-corrected chi connectivity index (χ0v) is 10.2. The number of carboxylic acid groups (broad SMARTS) is 1. The normalized spacial score (nSPS) is 19.5. The van der Waals surface area contributed by atoms with Crippen molar-refractivity contribution in [3.8, 4) is 0 Å². The molecular weight excluding hydrogens is 234 g/mol. The van der Waals surface area contributed by atoms with Crippen LogP contribution in [0.4, 0.5) is 0 Å². The molecule has 0 spiro atoms. The SMILES string of the molecule is CSCC(=O)NC1(C(=O)O)CCSCC1. The van der Waals surface area contributed by atoms with Gasteiger partial charge in [-0.25, -0.2) is 4.79 Å². The second-order valence-electron chi connectivity index (χ2n) is 3.48. The summed E-state index contributed by atoms with van der Waals surface area (Å²) in [6.45, 7) is 0. The summed E-state index contributed by atoms with van der Waals surface area (Å²) in [7, 11) is 0. The zero-order chi connectivity index (χ0) is 11.3. The Hall–Kier alpha value is -0.360. The summed E-state index contributed by atoms with van der Waals surface area (Å²) in [6.07, 6.45) is 2.87. The molecule has 1 aliphatic heterocycles. The number of nitrogens with one attached hydrogen (secondary N) is 1. The Labute approximate surface area is 97.6 Å². The molecule has 15 heavy (non-hydrogen) atoms. The van der Waals surface area contributed by atoms with Crippen LogP contribution in [0, 0.1) is 0 Å². The summed E-state index contributed by atoms with van der Waals surface area (Å²) >= 11 is 3.13. The van der Waals surface area contributed by atoms with Crippen LogP contribution in [0.15, 0.2) is 0 Å². The first-order valence-corrected chi connectivity index (χ1v) is 7.27. The molecule has 0 aromatic carbocycles. The molecule has 1 rings (SSSR count). The van der Waals surface area contributed by atoms with Crippen LogP contribution in [0.3, 0.4) is 0 Å². The van der Waals surface area contributed by atoms with Gasteiger partial charge in [-0.15, -0.1) is 0 Å². The van der Waals surface area contributed by atoms with Gasteiger partial charge in [0.1, 0.15) is 5.54 Å². The molecular formula is C9H15NO3S2. The van der Waals surface area contributed by atoms with Crippen LogP contribution in [0.1, 0.15) is 12.8 Å². The van der Waals surface area contributed by atoms with Crippen molar-refractivity contribution >= 4 is 35.4 Å². The van der Waals surface area contributed by atoms with Gasteiger partial charge in [0, 0.05) is 0 Å². The van der Waals surface area contributed by atoms with E-state index in [1.165, 1.54) is 11.8 Å². The standard InChI is InChI=1S/C9H15NO3S2/c1-14-6-7(11)10-9(8(12)13)2-4-15-5-3-9/h2-6H2,1H3,(H,10,11)(H,12,13). The average molecular weight is 249 g/mol. The Bertz CT molecular complexity index is 252. The number of rotatable bonds is 4. The molecule has 1 fully saturated rings. The molecule has 0 atom stereocenters. The van der Waals surface area contributed by atoms with Gasteiger partial charge in [0.25, 0.3) is 0 Å². The van der Waals surface area contributed by atoms with Gasteiger partial charge in [0.15, 0.2) is 0 Å². The second kappa shape index (κ2) is 5.65. The minimum atomic E-state index is -1.02. The van der Waals surface area contributed by atoms with Gasteiger partial charge in [-0.3, -0.25) is 4.79 Å². The number of amides is 1. The Morgan fingerprint density at radius 1 is 1.47 bits per heavy atom. The van der Waals surface area contributed by atoms with Crippen molar-refractivity contribution < 1.29 is 14.7 Å². The van der Waals surface area contributed by atoms with Gasteiger partial charge in [-0.1, -0.05) is 0 Å². The van der Waals surface area contributed by atoms with E-state index in [0.29, 0.717) is 18.6 Å². The van der Waals surface area contributed by atoms with Crippen molar-refractivity contribution in [2.45, 2.75) is 18.4 Å². The predicted molar refractivity (Wildman–Crippen MR) is 63.5 cm³/mol. The summed E-state index contributed by atoms with van der Waals surface area (Å²) in [5.41, 5.74) is -1.02. The number of thioether (sulfide) groups is 2. The van der Waals surface area contributed by atoms with E-state index in [9.17, 15) is 14.7 Å². The fourth-order valence-electron chi connectivity index (χ4n) is 1.55. The first-order valence-electron chi connectivity index (χ1n) is 4.72. The number of hydrogen-bond donors (Lipinski definition) is 2. The topological polar surface area (TPSA) is 66.4 Å². The van der Waals surface area contributed by atoms with E-state index in [0.717, 1.165) is 11.5 Å². The first-order chi connectivity index (χ1) is 7.10. The molecule has 1 aliphatic rings. The lowest BCUT2D eigenvalue weighted by Gasteiger charge is -2.33. The van der Waals surface area contributed by atoms with Gasteiger partial charge in [-0.05, 0) is 30.6 Å². The summed E-state index contributed by atoms with van der Waals surface area (Å²) in [5, 5.41) is 11.8. The molecule has 0 radical (unpaired) electrons. The van der Waals surface area contributed by atoms with E-state index in [1.807, 2.05) is 6.26 Å². The number of carboxylic acids is 1. The highest BCUT2D eigenvalue weighted by molar-refractivity contribution is 7.99. The molecule has 86 valence electrons. The molecule has 1 amide bonds. The van der Waals surface area contributed by atoms with Gasteiger partial charge < -0.3 is 10.4 Å². The molecule has 0 aliphatic carbocycles. The average Bonchev–Trinajstić information content (AvgIpc) is 2.19. The molecule has 0 aromatic rings. The molecule has 0 aromatic heterocycles. The molecule has 2 N–H and O–H groups in total. The van der Waals surface area contributed by atoms with E-state index < -0.39 is 11.5 Å². The minimum Gasteiger partial charge on any atom is -0.480 e. The number of carbonyl (C=O) groups excluding carboxylic acids is 1. The van der Waals surface area contributed by atoms with Gasteiger partial charge in [0.2, 0.25) is 5.91 Å². The Balaban J connectivity index is 2.64. The summed E-state index contributed by atoms with van der Waals surface area (Å²) in [6, 6.07) is 0. The smallest absolute Gasteiger partial charge is 0.329 e. The molecule has 0 unspecified atom stereocenters. The third-order valence-corrected chi connectivity index (χ3v) is 3.95. The van der Waals surface area contributed by atoms with Gasteiger partial charge in [0.05, 0.1) is 5.75 Å². The van der Waals surface area contributed by atoms with Crippen LogP contribution >= 0.6 is 23.5 Å². The Morgan fingerprint density at radius 3 is 2.53 bits per heavy atom. The maximum absolute atomic E-state index is 11.4. The van der Waals surface area contributed by atoms with Crippen molar-refractivity contribution in [3.05, 3.63) is 0 Å². The lowest BCUT2D eigenvalue weighted by Crippen LogP contribution is -2.57. The minimum absolute atomic E-state index is 0.184. The maximum atomic E-state index is 11.4. The van der Waals surface area contributed by atoms with Crippen LogP contribution < -0.4 is 5.32 Å². The summed E-state index contributed by atoms with van der Waals surface area (Å²) in [5.74, 6) is 0.828. The second-order valence-corrected chi connectivity index (χ2v) is 5.57. The molecule has 4 nitrogen and oxygen atoms in total. The largest absolute Gasteiger partial charge is 0.480 e. The van der Waals surface area contributed by atoms with Crippen molar-refractivity contribution in [2.24, 2.45) is 0 Å². The predicted octanol–water partition coefficient (Wildman–Crippen LogP) is 0.816. The van der Waals surface area contributed by atoms with E-state index >= 15 is 0 Å². The molecule has 1 heterocycles. The van der Waals surface area contributed by atoms with Crippen molar-refractivity contribution in [1.29, 1.82) is 0 Å². The monoisotopic (exact) mass is 249 g/mol. The number of hydrogen-bond acceptors (Lipinski definition) is 4. The van der Waals surface area contributed by atoms with E-state index in [-0.39, 0.29) is 5.91 Å². The lowest BCUT2D eigenvalue weighted by molar-refractivity contribution is -0.147. The van der Waals surface area contributed by atoms with E-state index in [2.05, 4.69) is 5.32 Å². The Morgan fingerprint density at radius 2 is 2.07 bits per heavy atom. The first kappa shape index (κ1) is 12.7. The molecule has 0 bridgehead atoms. The molecule has 6 heteroatoms. The molecule has 1 saturated heterocycles. The summed E-state index contributed by atoms with van der Waals surface area (Å²) < 4.78 is 0. The number of carbonyl (C=O) groups is 2. The summed E-state index contributed by atoms with van der Waals surface area (Å²) in [4.78, 5) is 22.6. The van der Waals surface area contributed by atoms with Crippen LogP contribution in [0.5, 0.6) is 0 Å². The van der Waals surface area contributed by atoms with Crippen molar-refractivity contribution in [3.63, 3.8) is 0 Å². The fraction of sp³-hybridized carbons (Fsp3) is 0.778. The lowest BCUT2D eigenvalue weighted by atomic mass is 9.92. The van der Waals surface area contributed by atoms with Crippen molar-refractivity contribution in [2.75, 3.05) is 23.5 Å². The van der Waals surface area contributed by atoms with E-state index in [1.54, 1.807) is 11.8 Å². The Kier molecular flexibility index (Phi) is 4.79. The highest BCUT2D eigenvalue weighted by Gasteiger charge is 2.40. The van der Waals surface area contributed by atoms with E-state index in [4.69, 9.17) is 0 Å². The van der Waals surface area contributed by atoms with Crippen LogP contribution in [-0.4, -0.2) is 46.0 Å². The van der Waals surface area contributed by atoms with Crippen LogP contribution in [0.2, 0.25) is 0 Å². The van der Waals surface area contributed by atoms with Crippen molar-refractivity contribution in [1.82, 2.24) is 5.32 Å². The zero-order valence-electron chi connectivity index (χ0n) is 8.62. The van der Waals surface area contributed by atoms with Gasteiger partial charge in [-0.2, -0.15) is 23.5 Å². The highest BCUT2D eigenvalue weighted by atomic mass is 32.2. The fourth-order valence-corrected chi connectivity index (χ4v) is 3.07. The van der Waals surface area contributed by atoms with Gasteiger partial charge >= 0.3 is 5.97 Å². The third kappa shape index (κ3) is 3.31. The highest BCUT2D eigenvalue weighted by Crippen LogP contribution is 2.27. The van der Waals surface area contributed by atoms with Crippen LogP contribution in [-0.2, 0) is 9.59 Å².